The molecular weight excluding hydrogens is 236 g/mol. The third-order valence-electron chi connectivity index (χ3n) is 2.82. The van der Waals surface area contributed by atoms with Gasteiger partial charge in [0.2, 0.25) is 5.91 Å². The summed E-state index contributed by atoms with van der Waals surface area (Å²) in [6.45, 7) is 4.82. The molecule has 0 aliphatic carbocycles. The summed E-state index contributed by atoms with van der Waals surface area (Å²) in [6, 6.07) is 0. The van der Waals surface area contributed by atoms with Gasteiger partial charge in [-0.05, 0) is 26.7 Å². The molecule has 1 aliphatic rings. The first kappa shape index (κ1) is 14.9. The monoisotopic (exact) mass is 258 g/mol. The molecule has 1 heterocycles. The summed E-state index contributed by atoms with van der Waals surface area (Å²) in [6.07, 6.45) is 1.05. The number of esters is 1. The molecule has 6 nitrogen and oxygen atoms in total. The first-order chi connectivity index (χ1) is 8.44. The van der Waals surface area contributed by atoms with Crippen molar-refractivity contribution in [2.24, 2.45) is 5.73 Å². The average molecular weight is 258 g/mol. The van der Waals surface area contributed by atoms with Crippen LogP contribution in [-0.4, -0.2) is 43.3 Å². The summed E-state index contributed by atoms with van der Waals surface area (Å²) in [7, 11) is 0. The molecule has 0 bridgehead atoms. The number of rotatable bonds is 5. The van der Waals surface area contributed by atoms with Crippen LogP contribution < -0.4 is 11.1 Å². The van der Waals surface area contributed by atoms with Gasteiger partial charge in [-0.15, -0.1) is 0 Å². The molecule has 0 aromatic carbocycles. The molecule has 18 heavy (non-hydrogen) atoms. The fraction of sp³-hybridized carbons (Fsp3) is 0.833. The van der Waals surface area contributed by atoms with E-state index in [9.17, 15) is 9.59 Å². The Morgan fingerprint density at radius 1 is 1.39 bits per heavy atom. The number of ether oxygens (including phenoxy) is 2. The highest BCUT2D eigenvalue weighted by Crippen LogP contribution is 2.17. The van der Waals surface area contributed by atoms with Gasteiger partial charge >= 0.3 is 5.97 Å². The van der Waals surface area contributed by atoms with Gasteiger partial charge in [-0.3, -0.25) is 9.59 Å². The number of nitrogens with two attached hydrogens (primary N) is 1. The number of nitrogens with one attached hydrogen (secondary N) is 1. The van der Waals surface area contributed by atoms with E-state index < -0.39 is 5.54 Å². The Balaban J connectivity index is 2.26. The molecule has 3 N–H and O–H groups in total. The van der Waals surface area contributed by atoms with Gasteiger partial charge in [0.15, 0.2) is 0 Å². The average Bonchev–Trinajstić information content (AvgIpc) is 2.28. The van der Waals surface area contributed by atoms with E-state index in [1.165, 1.54) is 0 Å². The largest absolute Gasteiger partial charge is 0.463 e. The van der Waals surface area contributed by atoms with Crippen molar-refractivity contribution in [3.05, 3.63) is 0 Å². The van der Waals surface area contributed by atoms with Crippen LogP contribution in [0.5, 0.6) is 0 Å². The van der Waals surface area contributed by atoms with Crippen molar-refractivity contribution in [2.75, 3.05) is 19.8 Å². The molecule has 1 fully saturated rings. The van der Waals surface area contributed by atoms with Crippen molar-refractivity contribution in [1.82, 2.24) is 5.32 Å². The molecular formula is C12H22N2O4. The summed E-state index contributed by atoms with van der Waals surface area (Å²) in [5.74, 6) is -0.536. The summed E-state index contributed by atoms with van der Waals surface area (Å²) in [5.41, 5.74) is 5.13. The zero-order valence-electron chi connectivity index (χ0n) is 11.0. The maximum Gasteiger partial charge on any atom is 0.307 e. The zero-order valence-corrected chi connectivity index (χ0v) is 11.0. The molecule has 104 valence electrons. The van der Waals surface area contributed by atoms with Crippen LogP contribution in [0.1, 0.15) is 33.1 Å². The Morgan fingerprint density at radius 3 is 2.56 bits per heavy atom. The summed E-state index contributed by atoms with van der Waals surface area (Å²) >= 11 is 0. The number of hydrogen-bond donors (Lipinski definition) is 2. The van der Waals surface area contributed by atoms with E-state index in [2.05, 4.69) is 5.32 Å². The van der Waals surface area contributed by atoms with E-state index >= 15 is 0 Å². The predicted molar refractivity (Wildman–Crippen MR) is 65.8 cm³/mol. The summed E-state index contributed by atoms with van der Waals surface area (Å²) in [5, 5.41) is 2.68. The smallest absolute Gasteiger partial charge is 0.307 e. The molecule has 0 saturated carbocycles. The minimum Gasteiger partial charge on any atom is -0.463 e. The van der Waals surface area contributed by atoms with Crippen molar-refractivity contribution >= 4 is 11.9 Å². The molecule has 1 aliphatic heterocycles. The Bertz CT molecular complexity index is 298. The number of hydrogen-bond acceptors (Lipinski definition) is 5. The molecule has 0 aromatic rings. The Kier molecular flexibility index (Phi) is 5.55. The Morgan fingerprint density at radius 2 is 2.00 bits per heavy atom. The molecule has 1 amide bonds. The molecule has 0 atom stereocenters. The van der Waals surface area contributed by atoms with Gasteiger partial charge in [-0.1, -0.05) is 0 Å². The molecule has 0 radical (unpaired) electrons. The lowest BCUT2D eigenvalue weighted by molar-refractivity contribution is -0.147. The normalized spacial score (nSPS) is 18.4. The van der Waals surface area contributed by atoms with Gasteiger partial charge in [0.1, 0.15) is 0 Å². The van der Waals surface area contributed by atoms with Crippen LogP contribution in [0.2, 0.25) is 0 Å². The molecule has 1 rings (SSSR count). The van der Waals surface area contributed by atoms with E-state index in [1.807, 2.05) is 0 Å². The number of carbonyl (C=O) groups excluding carboxylic acids is 2. The standard InChI is InChI=1S/C12H22N2O4/c1-9(2)18-10(15)3-6-14-11(16)12(13)4-7-17-8-5-12/h9H,3-8,13H2,1-2H3,(H,14,16). The maximum atomic E-state index is 11.9. The van der Waals surface area contributed by atoms with Crippen molar-refractivity contribution < 1.29 is 19.1 Å². The summed E-state index contributed by atoms with van der Waals surface area (Å²) < 4.78 is 10.1. The topological polar surface area (TPSA) is 90.7 Å². The van der Waals surface area contributed by atoms with Crippen LogP contribution in [-0.2, 0) is 19.1 Å². The van der Waals surface area contributed by atoms with Crippen molar-refractivity contribution in [3.8, 4) is 0 Å². The highest BCUT2D eigenvalue weighted by Gasteiger charge is 2.35. The lowest BCUT2D eigenvalue weighted by atomic mass is 9.90. The van der Waals surface area contributed by atoms with Crippen molar-refractivity contribution in [3.63, 3.8) is 0 Å². The number of amides is 1. The lowest BCUT2D eigenvalue weighted by Crippen LogP contribution is -2.57. The fourth-order valence-electron chi connectivity index (χ4n) is 1.74. The third kappa shape index (κ3) is 4.62. The Labute approximate surface area is 107 Å². The molecule has 0 aromatic heterocycles. The van der Waals surface area contributed by atoms with Crippen LogP contribution in [0.3, 0.4) is 0 Å². The van der Waals surface area contributed by atoms with Gasteiger partial charge in [-0.25, -0.2) is 0 Å². The van der Waals surface area contributed by atoms with Gasteiger partial charge in [-0.2, -0.15) is 0 Å². The van der Waals surface area contributed by atoms with E-state index in [-0.39, 0.29) is 30.9 Å². The van der Waals surface area contributed by atoms with E-state index in [4.69, 9.17) is 15.2 Å². The minimum atomic E-state index is -0.861. The van der Waals surface area contributed by atoms with E-state index in [0.29, 0.717) is 26.1 Å². The van der Waals surface area contributed by atoms with Gasteiger partial charge in [0.25, 0.3) is 0 Å². The fourth-order valence-corrected chi connectivity index (χ4v) is 1.74. The van der Waals surface area contributed by atoms with Gasteiger partial charge in [0, 0.05) is 19.8 Å². The quantitative estimate of drug-likeness (QED) is 0.675. The highest BCUT2D eigenvalue weighted by atomic mass is 16.5. The van der Waals surface area contributed by atoms with Crippen LogP contribution in [0.25, 0.3) is 0 Å². The lowest BCUT2D eigenvalue weighted by Gasteiger charge is -2.31. The van der Waals surface area contributed by atoms with Crippen molar-refractivity contribution in [1.29, 1.82) is 0 Å². The highest BCUT2D eigenvalue weighted by molar-refractivity contribution is 5.86. The van der Waals surface area contributed by atoms with Crippen LogP contribution in [0.15, 0.2) is 0 Å². The second kappa shape index (κ2) is 6.70. The van der Waals surface area contributed by atoms with Gasteiger partial charge in [0.05, 0.1) is 18.1 Å². The SMILES string of the molecule is CC(C)OC(=O)CCNC(=O)C1(N)CCOCC1. The molecule has 0 unspecified atom stereocenters. The molecule has 0 spiro atoms. The maximum absolute atomic E-state index is 11.9. The Hall–Kier alpha value is -1.14. The minimum absolute atomic E-state index is 0.135. The molecule has 6 heteroatoms. The zero-order chi connectivity index (χ0) is 13.6. The van der Waals surface area contributed by atoms with Crippen molar-refractivity contribution in [2.45, 2.75) is 44.8 Å². The first-order valence-electron chi connectivity index (χ1n) is 6.28. The molecule has 1 saturated heterocycles. The van der Waals surface area contributed by atoms with Gasteiger partial charge < -0.3 is 20.5 Å². The van der Waals surface area contributed by atoms with E-state index in [1.54, 1.807) is 13.8 Å². The second-order valence-corrected chi connectivity index (χ2v) is 4.81. The van der Waals surface area contributed by atoms with Crippen LogP contribution >= 0.6 is 0 Å². The number of carbonyl (C=O) groups is 2. The summed E-state index contributed by atoms with van der Waals surface area (Å²) in [4.78, 5) is 23.1. The van der Waals surface area contributed by atoms with Crippen LogP contribution in [0, 0.1) is 0 Å². The van der Waals surface area contributed by atoms with E-state index in [0.717, 1.165) is 0 Å². The first-order valence-corrected chi connectivity index (χ1v) is 6.28. The predicted octanol–water partition coefficient (Wildman–Crippen LogP) is -0.0478. The third-order valence-corrected chi connectivity index (χ3v) is 2.82. The second-order valence-electron chi connectivity index (χ2n) is 4.81. The van der Waals surface area contributed by atoms with Crippen LogP contribution in [0.4, 0.5) is 0 Å².